The summed E-state index contributed by atoms with van der Waals surface area (Å²) < 4.78 is 0. The molecule has 1 aromatic carbocycles. The summed E-state index contributed by atoms with van der Waals surface area (Å²) in [4.78, 5) is 14.5. The van der Waals surface area contributed by atoms with E-state index in [4.69, 9.17) is 10.2 Å². The minimum Gasteiger partial charge on any atom is -0.507 e. The van der Waals surface area contributed by atoms with E-state index in [1.165, 1.54) is 6.07 Å². The van der Waals surface area contributed by atoms with Crippen LogP contribution in [0.3, 0.4) is 0 Å². The van der Waals surface area contributed by atoms with Gasteiger partial charge in [-0.15, -0.1) is 0 Å². The minimum absolute atomic E-state index is 0.0332. The second-order valence-corrected chi connectivity index (χ2v) is 3.27. The van der Waals surface area contributed by atoms with Gasteiger partial charge in [-0.3, -0.25) is 4.99 Å². The van der Waals surface area contributed by atoms with E-state index in [-0.39, 0.29) is 5.75 Å². The summed E-state index contributed by atoms with van der Waals surface area (Å²) >= 11 is 0. The first-order valence-electron chi connectivity index (χ1n) is 4.72. The lowest BCUT2D eigenvalue weighted by atomic mass is 10.1. The van der Waals surface area contributed by atoms with Crippen LogP contribution in [0.25, 0.3) is 0 Å². The lowest BCUT2D eigenvalue weighted by molar-refractivity contribution is -0.139. The monoisotopic (exact) mass is 223 g/mol. The molecule has 1 rings (SSSR count). The molecule has 0 fully saturated rings. The average molecular weight is 223 g/mol. The van der Waals surface area contributed by atoms with Crippen LogP contribution < -0.4 is 0 Å². The fraction of sp³-hybridized carbons (Fsp3) is 0.273. The molecule has 0 radical (unpaired) electrons. The number of nitrogens with zero attached hydrogens (tertiary/aromatic N) is 1. The van der Waals surface area contributed by atoms with Crippen LogP contribution in [0, 0.1) is 0 Å². The Kier molecular flexibility index (Phi) is 4.02. The number of hydrogen-bond donors (Lipinski definition) is 3. The van der Waals surface area contributed by atoms with Crippen LogP contribution in [0.5, 0.6) is 5.75 Å². The van der Waals surface area contributed by atoms with Crippen molar-refractivity contribution in [1.29, 1.82) is 0 Å². The first-order chi connectivity index (χ1) is 7.56. The number of carboxylic acid groups (broad SMARTS) is 1. The summed E-state index contributed by atoms with van der Waals surface area (Å²) in [5.41, 5.74) is 0.835. The molecule has 3 N–H and O–H groups in total. The minimum atomic E-state index is -1.20. The third-order valence-corrected chi connectivity index (χ3v) is 2.10. The average Bonchev–Trinajstić information content (AvgIpc) is 2.25. The Morgan fingerprint density at radius 2 is 2.06 bits per heavy atom. The van der Waals surface area contributed by atoms with Gasteiger partial charge in [0.05, 0.1) is 6.61 Å². The zero-order valence-electron chi connectivity index (χ0n) is 8.79. The standard InChI is InChI=1S/C11H13NO4/c1-7(12-9(6-13)11(15)16)8-4-2-3-5-10(8)14/h2-5,9,13-14H,6H2,1H3,(H,15,16)/t9-/m0/s1. The molecular formula is C11H13NO4. The Morgan fingerprint density at radius 1 is 1.44 bits per heavy atom. The predicted octanol–water partition coefficient (Wildman–Crippen LogP) is 0.647. The number of para-hydroxylation sites is 1. The number of phenolic OH excluding ortho intramolecular Hbond substituents is 1. The van der Waals surface area contributed by atoms with Crippen LogP contribution >= 0.6 is 0 Å². The number of aliphatic hydroxyl groups excluding tert-OH is 1. The van der Waals surface area contributed by atoms with Gasteiger partial charge in [0.25, 0.3) is 0 Å². The number of aliphatic carboxylic acids is 1. The van der Waals surface area contributed by atoms with E-state index in [0.29, 0.717) is 11.3 Å². The number of carboxylic acids is 1. The largest absolute Gasteiger partial charge is 0.507 e. The summed E-state index contributed by atoms with van der Waals surface area (Å²) in [6, 6.07) is 5.29. The highest BCUT2D eigenvalue weighted by atomic mass is 16.4. The highest BCUT2D eigenvalue weighted by Crippen LogP contribution is 2.16. The van der Waals surface area contributed by atoms with Crippen LogP contribution in [0.2, 0.25) is 0 Å². The van der Waals surface area contributed by atoms with Gasteiger partial charge in [0.1, 0.15) is 5.75 Å². The third kappa shape index (κ3) is 2.80. The van der Waals surface area contributed by atoms with E-state index in [1.54, 1.807) is 25.1 Å². The molecule has 1 aromatic rings. The van der Waals surface area contributed by atoms with Crippen molar-refractivity contribution in [3.05, 3.63) is 29.8 Å². The molecule has 0 aliphatic heterocycles. The number of aromatic hydroxyl groups is 1. The van der Waals surface area contributed by atoms with Crippen molar-refractivity contribution in [3.63, 3.8) is 0 Å². The van der Waals surface area contributed by atoms with E-state index in [9.17, 15) is 9.90 Å². The molecule has 0 saturated carbocycles. The molecule has 0 aliphatic carbocycles. The van der Waals surface area contributed by atoms with Crippen molar-refractivity contribution in [2.45, 2.75) is 13.0 Å². The summed E-state index contributed by atoms with van der Waals surface area (Å²) in [5.74, 6) is -1.16. The summed E-state index contributed by atoms with van der Waals surface area (Å²) in [7, 11) is 0. The van der Waals surface area contributed by atoms with Crippen LogP contribution in [0.4, 0.5) is 0 Å². The van der Waals surface area contributed by atoms with E-state index in [0.717, 1.165) is 0 Å². The van der Waals surface area contributed by atoms with Crippen molar-refractivity contribution >= 4 is 11.7 Å². The zero-order valence-corrected chi connectivity index (χ0v) is 8.79. The van der Waals surface area contributed by atoms with Crippen molar-refractivity contribution in [1.82, 2.24) is 0 Å². The Hall–Kier alpha value is -1.88. The smallest absolute Gasteiger partial charge is 0.330 e. The van der Waals surface area contributed by atoms with Gasteiger partial charge in [-0.2, -0.15) is 0 Å². The molecule has 16 heavy (non-hydrogen) atoms. The Morgan fingerprint density at radius 3 is 2.56 bits per heavy atom. The summed E-state index contributed by atoms with van der Waals surface area (Å²) in [6.45, 7) is 1.01. The zero-order chi connectivity index (χ0) is 12.1. The van der Waals surface area contributed by atoms with Gasteiger partial charge in [0.2, 0.25) is 0 Å². The molecule has 0 amide bonds. The molecule has 5 nitrogen and oxygen atoms in total. The van der Waals surface area contributed by atoms with E-state index in [1.807, 2.05) is 0 Å². The van der Waals surface area contributed by atoms with Crippen LogP contribution in [0.1, 0.15) is 12.5 Å². The Bertz CT molecular complexity index is 414. The van der Waals surface area contributed by atoms with Gasteiger partial charge in [-0.1, -0.05) is 12.1 Å². The molecule has 0 bridgehead atoms. The van der Waals surface area contributed by atoms with E-state index >= 15 is 0 Å². The highest BCUT2D eigenvalue weighted by Gasteiger charge is 2.15. The number of aliphatic hydroxyl groups is 1. The van der Waals surface area contributed by atoms with Crippen LogP contribution in [-0.2, 0) is 4.79 Å². The van der Waals surface area contributed by atoms with Crippen molar-refractivity contribution in [2.24, 2.45) is 4.99 Å². The van der Waals surface area contributed by atoms with E-state index < -0.39 is 18.6 Å². The summed E-state index contributed by atoms with van der Waals surface area (Å²) in [5, 5.41) is 27.0. The number of aliphatic imine (C=N–C) groups is 1. The third-order valence-electron chi connectivity index (χ3n) is 2.10. The highest BCUT2D eigenvalue weighted by molar-refractivity contribution is 6.02. The number of hydrogen-bond acceptors (Lipinski definition) is 4. The Labute approximate surface area is 92.7 Å². The normalized spacial score (nSPS) is 13.5. The predicted molar refractivity (Wildman–Crippen MR) is 58.8 cm³/mol. The fourth-order valence-electron chi connectivity index (χ4n) is 1.26. The second kappa shape index (κ2) is 5.27. The quantitative estimate of drug-likeness (QED) is 0.653. The molecule has 86 valence electrons. The fourth-order valence-corrected chi connectivity index (χ4v) is 1.26. The molecular weight excluding hydrogens is 210 g/mol. The van der Waals surface area contributed by atoms with Crippen molar-refractivity contribution < 1.29 is 20.1 Å². The van der Waals surface area contributed by atoms with Crippen molar-refractivity contribution in [2.75, 3.05) is 6.61 Å². The van der Waals surface area contributed by atoms with Gasteiger partial charge < -0.3 is 15.3 Å². The van der Waals surface area contributed by atoms with Gasteiger partial charge >= 0.3 is 5.97 Å². The second-order valence-electron chi connectivity index (χ2n) is 3.27. The lowest BCUT2D eigenvalue weighted by Crippen LogP contribution is -2.23. The number of benzene rings is 1. The maximum atomic E-state index is 10.7. The molecule has 0 aliphatic rings. The van der Waals surface area contributed by atoms with E-state index in [2.05, 4.69) is 4.99 Å². The van der Waals surface area contributed by atoms with Gasteiger partial charge in [-0.05, 0) is 19.1 Å². The van der Waals surface area contributed by atoms with Crippen molar-refractivity contribution in [3.8, 4) is 5.75 Å². The molecule has 0 saturated heterocycles. The molecule has 5 heteroatoms. The topological polar surface area (TPSA) is 90.1 Å². The van der Waals surface area contributed by atoms with Gasteiger partial charge in [0.15, 0.2) is 6.04 Å². The lowest BCUT2D eigenvalue weighted by Gasteiger charge is -2.07. The number of rotatable bonds is 4. The van der Waals surface area contributed by atoms with Gasteiger partial charge in [-0.25, -0.2) is 4.79 Å². The molecule has 0 aromatic heterocycles. The first-order valence-corrected chi connectivity index (χ1v) is 4.72. The SMILES string of the molecule is CC(=N[C@@H](CO)C(=O)O)c1ccccc1O. The van der Waals surface area contributed by atoms with Gasteiger partial charge in [0, 0.05) is 11.3 Å². The number of carbonyl (C=O) groups is 1. The molecule has 0 unspecified atom stereocenters. The number of phenols is 1. The van der Waals surface area contributed by atoms with Crippen LogP contribution in [0.15, 0.2) is 29.3 Å². The maximum absolute atomic E-state index is 10.7. The Balaban J connectivity index is 3.01. The molecule has 1 atom stereocenters. The summed E-state index contributed by atoms with van der Waals surface area (Å²) in [6.07, 6.45) is 0. The molecule has 0 spiro atoms. The first kappa shape index (κ1) is 12.2. The molecule has 0 heterocycles. The van der Waals surface area contributed by atoms with Crippen LogP contribution in [-0.4, -0.2) is 39.6 Å². The maximum Gasteiger partial charge on any atom is 0.330 e.